The van der Waals surface area contributed by atoms with Gasteiger partial charge in [-0.15, -0.1) is 0 Å². The Morgan fingerprint density at radius 2 is 1.88 bits per heavy atom. The molecule has 0 saturated carbocycles. The molecule has 6 nitrogen and oxygen atoms in total. The molecule has 1 fully saturated rings. The fraction of sp³-hybridized carbons (Fsp3) is 0.474. The molecule has 1 saturated heterocycles. The molecule has 2 heterocycles. The van der Waals surface area contributed by atoms with Gasteiger partial charge in [-0.3, -0.25) is 4.99 Å². The molecule has 1 N–H and O–H groups in total. The molecular weight excluding hydrogens is 333 g/mol. The van der Waals surface area contributed by atoms with Gasteiger partial charge in [0.25, 0.3) is 0 Å². The quantitative estimate of drug-likeness (QED) is 0.671. The van der Waals surface area contributed by atoms with E-state index in [0.717, 1.165) is 67.8 Å². The van der Waals surface area contributed by atoms with Crippen LogP contribution in [-0.2, 0) is 6.42 Å². The van der Waals surface area contributed by atoms with E-state index in [0.29, 0.717) is 0 Å². The molecule has 7 heteroatoms. The molecule has 1 aliphatic rings. The number of hydrogen-bond donors (Lipinski definition) is 1. The summed E-state index contributed by atoms with van der Waals surface area (Å²) in [4.78, 5) is 8.94. The summed E-state index contributed by atoms with van der Waals surface area (Å²) in [6, 6.07) is 6.69. The number of halogens is 1. The zero-order valence-corrected chi connectivity index (χ0v) is 15.6. The molecule has 0 radical (unpaired) electrons. The molecule has 1 aromatic carbocycles. The topological polar surface area (TPSA) is 56.9 Å². The molecule has 3 rings (SSSR count). The Hall–Kier alpha value is -2.57. The number of aryl methyl sites for hydroxylation is 2. The lowest BCUT2D eigenvalue weighted by Crippen LogP contribution is -2.52. The SMILES string of the molecule is CN=C(NCCc1c(C)noc1C)N1CCN(c2ccc(F)cc2)CC1. The fourth-order valence-corrected chi connectivity index (χ4v) is 3.32. The van der Waals surface area contributed by atoms with Crippen LogP contribution in [0.3, 0.4) is 0 Å². The molecule has 0 aliphatic carbocycles. The van der Waals surface area contributed by atoms with Gasteiger partial charge in [-0.25, -0.2) is 4.39 Å². The smallest absolute Gasteiger partial charge is 0.193 e. The van der Waals surface area contributed by atoms with E-state index in [-0.39, 0.29) is 5.82 Å². The van der Waals surface area contributed by atoms with Gasteiger partial charge in [-0.1, -0.05) is 5.16 Å². The van der Waals surface area contributed by atoms with Crippen LogP contribution in [0.4, 0.5) is 10.1 Å². The second kappa shape index (κ2) is 8.21. The van der Waals surface area contributed by atoms with Crippen LogP contribution in [0.5, 0.6) is 0 Å². The third kappa shape index (κ3) is 4.15. The first-order valence-corrected chi connectivity index (χ1v) is 8.96. The number of hydrogen-bond acceptors (Lipinski definition) is 4. The van der Waals surface area contributed by atoms with E-state index in [2.05, 4.69) is 25.3 Å². The summed E-state index contributed by atoms with van der Waals surface area (Å²) in [5.74, 6) is 1.60. The Morgan fingerprint density at radius 1 is 1.19 bits per heavy atom. The second-order valence-corrected chi connectivity index (χ2v) is 6.48. The average molecular weight is 359 g/mol. The fourth-order valence-electron chi connectivity index (χ4n) is 3.32. The maximum Gasteiger partial charge on any atom is 0.193 e. The van der Waals surface area contributed by atoms with Crippen LogP contribution in [0.1, 0.15) is 17.0 Å². The van der Waals surface area contributed by atoms with Gasteiger partial charge in [0, 0.05) is 51.0 Å². The Morgan fingerprint density at radius 3 is 2.46 bits per heavy atom. The number of rotatable bonds is 4. The predicted octanol–water partition coefficient (Wildman–Crippen LogP) is 2.37. The second-order valence-electron chi connectivity index (χ2n) is 6.48. The van der Waals surface area contributed by atoms with Gasteiger partial charge in [0.1, 0.15) is 11.6 Å². The van der Waals surface area contributed by atoms with Gasteiger partial charge in [-0.05, 0) is 44.5 Å². The van der Waals surface area contributed by atoms with Crippen molar-refractivity contribution in [3.05, 3.63) is 47.1 Å². The Kier molecular flexibility index (Phi) is 5.75. The zero-order valence-electron chi connectivity index (χ0n) is 15.6. The zero-order chi connectivity index (χ0) is 18.5. The normalized spacial score (nSPS) is 15.5. The molecule has 140 valence electrons. The molecular formula is C19H26FN5O. The van der Waals surface area contributed by atoms with Crippen molar-refractivity contribution >= 4 is 11.6 Å². The van der Waals surface area contributed by atoms with Crippen molar-refractivity contribution in [2.75, 3.05) is 44.7 Å². The summed E-state index contributed by atoms with van der Waals surface area (Å²) in [5, 5.41) is 7.43. The minimum atomic E-state index is -0.199. The lowest BCUT2D eigenvalue weighted by Gasteiger charge is -2.37. The number of piperazine rings is 1. The molecule has 1 aromatic heterocycles. The van der Waals surface area contributed by atoms with Crippen molar-refractivity contribution in [2.24, 2.45) is 4.99 Å². The standard InChI is InChI=1S/C19H26FN5O/c1-14-18(15(2)26-23-14)8-9-22-19(21-3)25-12-10-24(11-13-25)17-6-4-16(20)5-7-17/h4-7H,8-13H2,1-3H3,(H,21,22). The van der Waals surface area contributed by atoms with E-state index < -0.39 is 0 Å². The number of nitrogens with one attached hydrogen (secondary N) is 1. The number of guanidine groups is 1. The molecule has 2 aromatic rings. The summed E-state index contributed by atoms with van der Waals surface area (Å²) in [5.41, 5.74) is 3.17. The van der Waals surface area contributed by atoms with E-state index in [1.54, 1.807) is 0 Å². The number of nitrogens with zero attached hydrogens (tertiary/aromatic N) is 4. The van der Waals surface area contributed by atoms with Crippen LogP contribution in [0, 0.1) is 19.7 Å². The Bertz CT molecular complexity index is 728. The van der Waals surface area contributed by atoms with Crippen LogP contribution < -0.4 is 10.2 Å². The molecule has 0 spiro atoms. The van der Waals surface area contributed by atoms with Crippen molar-refractivity contribution in [2.45, 2.75) is 20.3 Å². The van der Waals surface area contributed by atoms with Crippen LogP contribution >= 0.6 is 0 Å². The highest BCUT2D eigenvalue weighted by atomic mass is 19.1. The van der Waals surface area contributed by atoms with E-state index in [4.69, 9.17) is 4.52 Å². The first-order chi connectivity index (χ1) is 12.6. The summed E-state index contributed by atoms with van der Waals surface area (Å²) < 4.78 is 18.3. The first kappa shape index (κ1) is 18.2. The lowest BCUT2D eigenvalue weighted by molar-refractivity contribution is 0.372. The highest BCUT2D eigenvalue weighted by molar-refractivity contribution is 5.80. The minimum Gasteiger partial charge on any atom is -0.368 e. The van der Waals surface area contributed by atoms with Gasteiger partial charge in [-0.2, -0.15) is 0 Å². The van der Waals surface area contributed by atoms with Gasteiger partial charge >= 0.3 is 0 Å². The third-order valence-corrected chi connectivity index (χ3v) is 4.82. The largest absolute Gasteiger partial charge is 0.368 e. The van der Waals surface area contributed by atoms with Crippen LogP contribution in [0.25, 0.3) is 0 Å². The van der Waals surface area contributed by atoms with Crippen molar-refractivity contribution in [3.63, 3.8) is 0 Å². The monoisotopic (exact) mass is 359 g/mol. The molecule has 26 heavy (non-hydrogen) atoms. The minimum absolute atomic E-state index is 0.199. The summed E-state index contributed by atoms with van der Waals surface area (Å²) in [6.07, 6.45) is 0.857. The van der Waals surface area contributed by atoms with Gasteiger partial charge in [0.2, 0.25) is 0 Å². The predicted molar refractivity (Wildman–Crippen MR) is 101 cm³/mol. The van der Waals surface area contributed by atoms with Crippen molar-refractivity contribution in [1.29, 1.82) is 0 Å². The highest BCUT2D eigenvalue weighted by Crippen LogP contribution is 2.17. The number of aromatic nitrogens is 1. The number of aliphatic imine (C=N–C) groups is 1. The molecule has 0 atom stereocenters. The lowest BCUT2D eigenvalue weighted by atomic mass is 10.1. The first-order valence-electron chi connectivity index (χ1n) is 8.96. The molecule has 0 amide bonds. The molecule has 1 aliphatic heterocycles. The van der Waals surface area contributed by atoms with Crippen LogP contribution in [-0.4, -0.2) is 55.8 Å². The number of anilines is 1. The summed E-state index contributed by atoms with van der Waals surface area (Å²) in [6.45, 7) is 8.22. The van der Waals surface area contributed by atoms with Crippen molar-refractivity contribution in [3.8, 4) is 0 Å². The maximum atomic E-state index is 13.1. The van der Waals surface area contributed by atoms with Crippen molar-refractivity contribution in [1.82, 2.24) is 15.4 Å². The Labute approximate surface area is 153 Å². The summed E-state index contributed by atoms with van der Waals surface area (Å²) >= 11 is 0. The third-order valence-electron chi connectivity index (χ3n) is 4.82. The van der Waals surface area contributed by atoms with E-state index in [1.165, 1.54) is 12.1 Å². The van der Waals surface area contributed by atoms with E-state index in [1.807, 2.05) is 33.0 Å². The van der Waals surface area contributed by atoms with Gasteiger partial charge in [0.15, 0.2) is 5.96 Å². The molecule has 0 unspecified atom stereocenters. The van der Waals surface area contributed by atoms with Crippen LogP contribution in [0.2, 0.25) is 0 Å². The van der Waals surface area contributed by atoms with Crippen LogP contribution in [0.15, 0.2) is 33.8 Å². The summed E-state index contributed by atoms with van der Waals surface area (Å²) in [7, 11) is 1.81. The number of benzene rings is 1. The highest BCUT2D eigenvalue weighted by Gasteiger charge is 2.20. The van der Waals surface area contributed by atoms with Crippen molar-refractivity contribution < 1.29 is 8.91 Å². The maximum absolute atomic E-state index is 13.1. The van der Waals surface area contributed by atoms with E-state index in [9.17, 15) is 4.39 Å². The van der Waals surface area contributed by atoms with Gasteiger partial charge < -0.3 is 19.6 Å². The Balaban J connectivity index is 1.50. The average Bonchev–Trinajstić information content (AvgIpc) is 2.98. The van der Waals surface area contributed by atoms with Gasteiger partial charge in [0.05, 0.1) is 5.69 Å². The molecule has 0 bridgehead atoms. The van der Waals surface area contributed by atoms with E-state index >= 15 is 0 Å².